The van der Waals surface area contributed by atoms with Crippen molar-refractivity contribution < 1.29 is 37.4 Å². The highest BCUT2D eigenvalue weighted by Gasteiger charge is 2.63. The van der Waals surface area contributed by atoms with Crippen LogP contribution in [0.2, 0.25) is 0 Å². The monoisotopic (exact) mass is 577 g/mol. The van der Waals surface area contributed by atoms with E-state index in [2.05, 4.69) is 4.98 Å². The number of aliphatic carboxylic acids is 1. The molecular weight excluding hydrogens is 538 g/mol. The zero-order valence-electron chi connectivity index (χ0n) is 24.3. The molecule has 0 bridgehead atoms. The number of amides is 2. The molecule has 1 unspecified atom stereocenters. The third-order valence-electron chi connectivity index (χ3n) is 6.50. The fraction of sp³-hybridized carbons (Fsp3) is 0.571. The van der Waals surface area contributed by atoms with E-state index in [0.717, 1.165) is 11.2 Å². The standard InChI is InChI=1S/C28H39N3O8S/c1-18(15-31(24(34)38-26(2,3)4)25(35)39-27(5,6)7)13-19-14-28(19,23(32)33)22-16-30(17-29-22)20-9-11-21(12-10-20)40(8,36)37/h9-12,16-19H,13-15H2,1-8H3,(H,32,33)/t18?,19-,28+/m0/s1. The van der Waals surface area contributed by atoms with Gasteiger partial charge in [0.25, 0.3) is 0 Å². The number of hydrogen-bond donors (Lipinski definition) is 1. The Balaban J connectivity index is 1.76. The van der Waals surface area contributed by atoms with Crippen molar-refractivity contribution in [1.82, 2.24) is 14.5 Å². The first kappa shape index (κ1) is 31.1. The van der Waals surface area contributed by atoms with Gasteiger partial charge in [-0.3, -0.25) is 4.79 Å². The van der Waals surface area contributed by atoms with Gasteiger partial charge < -0.3 is 19.1 Å². The van der Waals surface area contributed by atoms with E-state index >= 15 is 0 Å². The lowest BCUT2D eigenvalue weighted by molar-refractivity contribution is -0.140. The number of hydrogen-bond acceptors (Lipinski definition) is 8. The molecule has 12 heteroatoms. The van der Waals surface area contributed by atoms with Gasteiger partial charge in [-0.25, -0.2) is 27.9 Å². The highest BCUT2D eigenvalue weighted by molar-refractivity contribution is 7.90. The van der Waals surface area contributed by atoms with Crippen LogP contribution < -0.4 is 0 Å². The number of benzene rings is 1. The van der Waals surface area contributed by atoms with E-state index < -0.39 is 44.6 Å². The Kier molecular flexibility index (Phi) is 8.46. The molecule has 0 saturated heterocycles. The lowest BCUT2D eigenvalue weighted by Gasteiger charge is -2.30. The molecule has 40 heavy (non-hydrogen) atoms. The summed E-state index contributed by atoms with van der Waals surface area (Å²) in [5, 5.41) is 10.2. The van der Waals surface area contributed by atoms with Crippen LogP contribution in [-0.2, 0) is 29.5 Å². The van der Waals surface area contributed by atoms with Gasteiger partial charge in [0.15, 0.2) is 9.84 Å². The maximum atomic E-state index is 12.9. The number of ether oxygens (including phenoxy) is 2. The third kappa shape index (κ3) is 7.41. The highest BCUT2D eigenvalue weighted by atomic mass is 32.2. The first-order chi connectivity index (χ1) is 18.2. The van der Waals surface area contributed by atoms with Crippen LogP contribution in [0, 0.1) is 11.8 Å². The molecular formula is C28H39N3O8S. The van der Waals surface area contributed by atoms with Crippen molar-refractivity contribution in [2.45, 2.75) is 82.8 Å². The summed E-state index contributed by atoms with van der Waals surface area (Å²) >= 11 is 0. The predicted molar refractivity (Wildman–Crippen MR) is 147 cm³/mol. The molecule has 1 saturated carbocycles. The minimum atomic E-state index is -3.34. The summed E-state index contributed by atoms with van der Waals surface area (Å²) in [6, 6.07) is 6.23. The van der Waals surface area contributed by atoms with Crippen molar-refractivity contribution in [3.05, 3.63) is 42.5 Å². The van der Waals surface area contributed by atoms with Crippen LogP contribution in [0.4, 0.5) is 9.59 Å². The molecule has 220 valence electrons. The molecule has 3 atom stereocenters. The minimum Gasteiger partial charge on any atom is -0.481 e. The van der Waals surface area contributed by atoms with Crippen LogP contribution in [0.15, 0.2) is 41.7 Å². The quantitative estimate of drug-likeness (QED) is 0.467. The Morgan fingerprint density at radius 1 is 1.07 bits per heavy atom. The smallest absolute Gasteiger partial charge is 0.419 e. The van der Waals surface area contributed by atoms with Gasteiger partial charge in [0.05, 0.1) is 16.9 Å². The number of sulfone groups is 1. The Morgan fingerprint density at radius 2 is 1.60 bits per heavy atom. The van der Waals surface area contributed by atoms with E-state index in [-0.39, 0.29) is 23.3 Å². The van der Waals surface area contributed by atoms with Gasteiger partial charge in [-0.05, 0) is 90.5 Å². The van der Waals surface area contributed by atoms with Gasteiger partial charge >= 0.3 is 18.2 Å². The Hall–Kier alpha value is -3.41. The number of carboxylic acid groups (broad SMARTS) is 1. The minimum absolute atomic E-state index is 0.00283. The zero-order chi connectivity index (χ0) is 30.3. The molecule has 11 nitrogen and oxygen atoms in total. The SMILES string of the molecule is CC(C[C@H]1C[C@]1(C(=O)O)c1cn(-c2ccc(S(C)(=O)=O)cc2)cn1)CN(C(=O)OC(C)(C)C)C(=O)OC(C)(C)C. The van der Waals surface area contributed by atoms with Gasteiger partial charge in [-0.15, -0.1) is 0 Å². The van der Waals surface area contributed by atoms with Crippen molar-refractivity contribution in [3.63, 3.8) is 0 Å². The third-order valence-corrected chi connectivity index (χ3v) is 7.63. The second-order valence-electron chi connectivity index (χ2n) is 12.5. The van der Waals surface area contributed by atoms with E-state index in [1.54, 1.807) is 64.4 Å². The molecule has 2 amide bonds. The number of imidazole rings is 1. The van der Waals surface area contributed by atoms with E-state index in [4.69, 9.17) is 9.47 Å². The molecule has 0 radical (unpaired) electrons. The summed E-state index contributed by atoms with van der Waals surface area (Å²) in [7, 11) is -3.34. The first-order valence-corrected chi connectivity index (χ1v) is 14.9. The van der Waals surface area contributed by atoms with Crippen LogP contribution in [-0.4, -0.2) is 70.1 Å². The fourth-order valence-corrected chi connectivity index (χ4v) is 5.22. The van der Waals surface area contributed by atoms with Gasteiger partial charge in [0, 0.05) is 24.7 Å². The summed E-state index contributed by atoms with van der Waals surface area (Å²) in [5.74, 6) is -1.52. The maximum absolute atomic E-state index is 12.9. The first-order valence-electron chi connectivity index (χ1n) is 13.0. The lowest BCUT2D eigenvalue weighted by Crippen LogP contribution is -2.45. The van der Waals surface area contributed by atoms with Crippen LogP contribution in [0.3, 0.4) is 0 Å². The molecule has 0 aliphatic heterocycles. The van der Waals surface area contributed by atoms with E-state index in [9.17, 15) is 27.9 Å². The molecule has 1 aromatic heterocycles. The van der Waals surface area contributed by atoms with Crippen molar-refractivity contribution in [2.24, 2.45) is 11.8 Å². The average molecular weight is 578 g/mol. The molecule has 1 fully saturated rings. The molecule has 1 aliphatic carbocycles. The van der Waals surface area contributed by atoms with E-state index in [0.29, 0.717) is 24.2 Å². The number of rotatable bonds is 8. The van der Waals surface area contributed by atoms with Crippen molar-refractivity contribution >= 4 is 28.0 Å². The van der Waals surface area contributed by atoms with Crippen LogP contribution in [0.25, 0.3) is 5.69 Å². The molecule has 1 aliphatic rings. The van der Waals surface area contributed by atoms with Crippen LogP contribution >= 0.6 is 0 Å². The van der Waals surface area contributed by atoms with Crippen molar-refractivity contribution in [2.75, 3.05) is 12.8 Å². The van der Waals surface area contributed by atoms with Crippen LogP contribution in [0.1, 0.15) is 67.0 Å². The topological polar surface area (TPSA) is 145 Å². The molecule has 2 aromatic rings. The summed E-state index contributed by atoms with van der Waals surface area (Å²) in [6.45, 7) is 12.0. The van der Waals surface area contributed by atoms with Crippen molar-refractivity contribution in [3.8, 4) is 5.69 Å². The largest absolute Gasteiger partial charge is 0.481 e. The van der Waals surface area contributed by atoms with Crippen LogP contribution in [0.5, 0.6) is 0 Å². The summed E-state index contributed by atoms with van der Waals surface area (Å²) < 4.78 is 36.0. The van der Waals surface area contributed by atoms with E-state index in [1.807, 2.05) is 6.92 Å². The summed E-state index contributed by atoms with van der Waals surface area (Å²) in [6.07, 6.45) is 3.40. The second-order valence-corrected chi connectivity index (χ2v) is 14.5. The number of aromatic nitrogens is 2. The Labute approximate surface area is 235 Å². The Morgan fingerprint density at radius 3 is 2.05 bits per heavy atom. The fourth-order valence-electron chi connectivity index (χ4n) is 4.59. The number of carbonyl (C=O) groups is 3. The average Bonchev–Trinajstić information content (AvgIpc) is 3.28. The second kappa shape index (κ2) is 10.9. The predicted octanol–water partition coefficient (Wildman–Crippen LogP) is 4.82. The number of carbonyl (C=O) groups excluding carboxylic acids is 2. The summed E-state index contributed by atoms with van der Waals surface area (Å²) in [4.78, 5) is 43.7. The number of imide groups is 1. The molecule has 0 spiro atoms. The Bertz CT molecular complexity index is 1340. The van der Waals surface area contributed by atoms with Gasteiger partial charge in [0.1, 0.15) is 16.6 Å². The normalized spacial score (nSPS) is 19.9. The molecule has 1 heterocycles. The maximum Gasteiger partial charge on any atom is 0.419 e. The molecule has 3 rings (SSSR count). The zero-order valence-corrected chi connectivity index (χ0v) is 25.1. The number of nitrogens with zero attached hydrogens (tertiary/aromatic N) is 3. The van der Waals surface area contributed by atoms with Gasteiger partial charge in [-0.1, -0.05) is 6.92 Å². The number of carboxylic acids is 1. The van der Waals surface area contributed by atoms with Crippen molar-refractivity contribution in [1.29, 1.82) is 0 Å². The highest BCUT2D eigenvalue weighted by Crippen LogP contribution is 2.57. The van der Waals surface area contributed by atoms with Gasteiger partial charge in [-0.2, -0.15) is 0 Å². The van der Waals surface area contributed by atoms with E-state index in [1.165, 1.54) is 18.5 Å². The lowest BCUT2D eigenvalue weighted by atomic mass is 9.94. The van der Waals surface area contributed by atoms with Gasteiger partial charge in [0.2, 0.25) is 0 Å². The molecule has 1 N–H and O–H groups in total. The summed E-state index contributed by atoms with van der Waals surface area (Å²) in [5.41, 5.74) is -1.81. The molecule has 1 aromatic carbocycles.